The van der Waals surface area contributed by atoms with Crippen LogP contribution < -0.4 is 15.8 Å². The Labute approximate surface area is 149 Å². The molecule has 0 aliphatic heterocycles. The summed E-state index contributed by atoms with van der Waals surface area (Å²) in [6, 6.07) is 5.75. The predicted molar refractivity (Wildman–Crippen MR) is 96.9 cm³/mol. The molecular formula is C18H27ClN2O3. The van der Waals surface area contributed by atoms with Gasteiger partial charge in [-0.05, 0) is 56.9 Å². The van der Waals surface area contributed by atoms with Gasteiger partial charge in [0.2, 0.25) is 5.91 Å². The van der Waals surface area contributed by atoms with Gasteiger partial charge in [0, 0.05) is 30.5 Å². The normalized spacial score (nSPS) is 19.5. The molecule has 2 atom stereocenters. The second kappa shape index (κ2) is 9.64. The Kier molecular flexibility index (Phi) is 8.22. The number of carbonyl (C=O) groups is 2. The summed E-state index contributed by atoms with van der Waals surface area (Å²) >= 11 is 0. The number of amides is 1. The Balaban J connectivity index is 0.00000288. The van der Waals surface area contributed by atoms with Crippen molar-refractivity contribution in [3.8, 4) is 5.75 Å². The van der Waals surface area contributed by atoms with Gasteiger partial charge in [-0.3, -0.25) is 9.59 Å². The number of ether oxygens (including phenoxy) is 1. The Morgan fingerprint density at radius 3 is 2.62 bits per heavy atom. The van der Waals surface area contributed by atoms with Gasteiger partial charge in [-0.25, -0.2) is 0 Å². The van der Waals surface area contributed by atoms with Gasteiger partial charge in [0.05, 0.1) is 6.61 Å². The van der Waals surface area contributed by atoms with Crippen molar-refractivity contribution in [3.05, 3.63) is 29.3 Å². The molecule has 1 fully saturated rings. The van der Waals surface area contributed by atoms with Crippen molar-refractivity contribution in [2.75, 3.05) is 6.61 Å². The lowest BCUT2D eigenvalue weighted by Gasteiger charge is -2.12. The number of nitrogens with one attached hydrogen (secondary N) is 1. The first-order valence-corrected chi connectivity index (χ1v) is 8.31. The maximum Gasteiger partial charge on any atom is 0.220 e. The zero-order valence-corrected chi connectivity index (χ0v) is 15.2. The molecule has 0 heterocycles. The number of hydrogen-bond acceptors (Lipinski definition) is 4. The quantitative estimate of drug-likeness (QED) is 0.738. The largest absolute Gasteiger partial charge is 0.494 e. The highest BCUT2D eigenvalue weighted by molar-refractivity contribution is 5.98. The number of rotatable bonds is 7. The third-order valence-corrected chi connectivity index (χ3v) is 4.21. The molecule has 1 aliphatic carbocycles. The van der Waals surface area contributed by atoms with Gasteiger partial charge in [-0.2, -0.15) is 0 Å². The van der Waals surface area contributed by atoms with Crippen LogP contribution in [0.3, 0.4) is 0 Å². The summed E-state index contributed by atoms with van der Waals surface area (Å²) in [6.07, 6.45) is 3.15. The number of benzene rings is 1. The summed E-state index contributed by atoms with van der Waals surface area (Å²) in [4.78, 5) is 24.1. The van der Waals surface area contributed by atoms with Crippen LogP contribution in [-0.2, 0) is 4.79 Å². The van der Waals surface area contributed by atoms with Crippen LogP contribution in [0.4, 0.5) is 0 Å². The maximum atomic E-state index is 12.2. The van der Waals surface area contributed by atoms with Crippen LogP contribution in [0.1, 0.15) is 54.9 Å². The van der Waals surface area contributed by atoms with Crippen LogP contribution in [0.5, 0.6) is 5.75 Å². The summed E-state index contributed by atoms with van der Waals surface area (Å²) in [5.74, 6) is 0.703. The summed E-state index contributed by atoms with van der Waals surface area (Å²) in [5.41, 5.74) is 7.39. The summed E-state index contributed by atoms with van der Waals surface area (Å²) in [7, 11) is 0. The Hall–Kier alpha value is -1.59. The molecule has 1 amide bonds. The topological polar surface area (TPSA) is 81.4 Å². The average molecular weight is 355 g/mol. The lowest BCUT2D eigenvalue weighted by molar-refractivity contribution is -0.121. The van der Waals surface area contributed by atoms with Crippen molar-refractivity contribution in [2.45, 2.75) is 58.0 Å². The van der Waals surface area contributed by atoms with Gasteiger partial charge in [0.1, 0.15) is 5.75 Å². The number of carbonyl (C=O) groups excluding carboxylic acids is 2. The molecule has 6 heteroatoms. The van der Waals surface area contributed by atoms with E-state index in [9.17, 15) is 9.59 Å². The van der Waals surface area contributed by atoms with E-state index in [2.05, 4.69) is 5.32 Å². The van der Waals surface area contributed by atoms with Crippen LogP contribution in [0.25, 0.3) is 0 Å². The van der Waals surface area contributed by atoms with E-state index in [1.54, 1.807) is 6.07 Å². The van der Waals surface area contributed by atoms with E-state index in [4.69, 9.17) is 10.5 Å². The zero-order valence-electron chi connectivity index (χ0n) is 14.3. The number of aryl methyl sites for hydroxylation is 1. The summed E-state index contributed by atoms with van der Waals surface area (Å²) in [6.45, 7) is 4.44. The van der Waals surface area contributed by atoms with Crippen LogP contribution in [0.15, 0.2) is 18.2 Å². The molecule has 1 aromatic rings. The minimum Gasteiger partial charge on any atom is -0.494 e. The third-order valence-electron chi connectivity index (χ3n) is 4.21. The van der Waals surface area contributed by atoms with E-state index in [0.29, 0.717) is 12.2 Å². The average Bonchev–Trinajstić information content (AvgIpc) is 2.92. The SMILES string of the molecule is CCOc1ccc(C(=O)CCC(=O)N[C@@H]2CC[C@@H](N)C2)cc1C.Cl. The first kappa shape index (κ1) is 20.5. The lowest BCUT2D eigenvalue weighted by Crippen LogP contribution is -2.34. The van der Waals surface area contributed by atoms with Gasteiger partial charge in [-0.1, -0.05) is 0 Å². The molecule has 0 spiro atoms. The van der Waals surface area contributed by atoms with Gasteiger partial charge >= 0.3 is 0 Å². The van der Waals surface area contributed by atoms with Crippen LogP contribution in [0, 0.1) is 6.92 Å². The monoisotopic (exact) mass is 354 g/mol. The van der Waals surface area contributed by atoms with Gasteiger partial charge in [-0.15, -0.1) is 12.4 Å². The summed E-state index contributed by atoms with van der Waals surface area (Å²) in [5, 5.41) is 2.96. The number of nitrogens with two attached hydrogens (primary N) is 1. The first-order valence-electron chi connectivity index (χ1n) is 8.31. The van der Waals surface area contributed by atoms with Crippen molar-refractivity contribution in [2.24, 2.45) is 5.73 Å². The van der Waals surface area contributed by atoms with Crippen molar-refractivity contribution < 1.29 is 14.3 Å². The first-order chi connectivity index (χ1) is 11.0. The van der Waals surface area contributed by atoms with Gasteiger partial charge < -0.3 is 15.8 Å². The van der Waals surface area contributed by atoms with Crippen molar-refractivity contribution in [1.29, 1.82) is 0 Å². The van der Waals surface area contributed by atoms with Gasteiger partial charge in [0.25, 0.3) is 0 Å². The van der Waals surface area contributed by atoms with Crippen molar-refractivity contribution in [3.63, 3.8) is 0 Å². The second-order valence-electron chi connectivity index (χ2n) is 6.17. The molecule has 0 unspecified atom stereocenters. The summed E-state index contributed by atoms with van der Waals surface area (Å²) < 4.78 is 5.47. The molecule has 1 aromatic carbocycles. The Morgan fingerprint density at radius 1 is 1.29 bits per heavy atom. The molecule has 3 N–H and O–H groups in total. The molecular weight excluding hydrogens is 328 g/mol. The minimum atomic E-state index is -0.0693. The fourth-order valence-corrected chi connectivity index (χ4v) is 2.96. The highest BCUT2D eigenvalue weighted by Crippen LogP contribution is 2.20. The molecule has 5 nitrogen and oxygen atoms in total. The van der Waals surface area contributed by atoms with E-state index in [0.717, 1.165) is 30.6 Å². The van der Waals surface area contributed by atoms with Gasteiger partial charge in [0.15, 0.2) is 5.78 Å². The minimum absolute atomic E-state index is 0. The molecule has 1 aliphatic rings. The highest BCUT2D eigenvalue weighted by atomic mass is 35.5. The third kappa shape index (κ3) is 5.80. The zero-order chi connectivity index (χ0) is 16.8. The number of halogens is 1. The molecule has 0 aromatic heterocycles. The molecule has 0 bridgehead atoms. The fraction of sp³-hybridized carbons (Fsp3) is 0.556. The van der Waals surface area contributed by atoms with E-state index >= 15 is 0 Å². The molecule has 1 saturated carbocycles. The predicted octanol–water partition coefficient (Wildman–Crippen LogP) is 2.77. The van der Waals surface area contributed by atoms with Crippen LogP contribution in [-0.4, -0.2) is 30.4 Å². The molecule has 2 rings (SSSR count). The van der Waals surface area contributed by atoms with E-state index in [1.807, 2.05) is 26.0 Å². The lowest BCUT2D eigenvalue weighted by atomic mass is 10.0. The van der Waals surface area contributed by atoms with Crippen molar-refractivity contribution >= 4 is 24.1 Å². The molecule has 0 radical (unpaired) electrons. The fourth-order valence-electron chi connectivity index (χ4n) is 2.96. The standard InChI is InChI=1S/C18H26N2O3.ClH/c1-3-23-17-8-4-13(10-12(17)2)16(21)7-9-18(22)20-15-6-5-14(19)11-15;/h4,8,10,14-15H,3,5-7,9,11,19H2,1-2H3,(H,20,22);1H/t14-,15-;/m1./s1. The smallest absolute Gasteiger partial charge is 0.220 e. The number of Topliss-reactive ketones (excluding diaryl/α,β-unsaturated/α-hetero) is 1. The molecule has 0 saturated heterocycles. The Bertz CT molecular complexity index is 577. The number of ketones is 1. The molecule has 134 valence electrons. The highest BCUT2D eigenvalue weighted by Gasteiger charge is 2.23. The van der Waals surface area contributed by atoms with E-state index in [1.165, 1.54) is 0 Å². The van der Waals surface area contributed by atoms with E-state index in [-0.39, 0.29) is 49.0 Å². The molecule has 24 heavy (non-hydrogen) atoms. The van der Waals surface area contributed by atoms with Crippen molar-refractivity contribution in [1.82, 2.24) is 5.32 Å². The maximum absolute atomic E-state index is 12.2. The Morgan fingerprint density at radius 2 is 2.04 bits per heavy atom. The van der Waals surface area contributed by atoms with Crippen LogP contribution in [0.2, 0.25) is 0 Å². The second-order valence-corrected chi connectivity index (χ2v) is 6.17. The van der Waals surface area contributed by atoms with E-state index < -0.39 is 0 Å². The number of hydrogen-bond donors (Lipinski definition) is 2. The van der Waals surface area contributed by atoms with Crippen LogP contribution >= 0.6 is 12.4 Å².